The molecule has 0 saturated carbocycles. The number of carbonyl (C=O) groups is 2. The number of nitrogens with two attached hydrogens (primary N) is 1. The number of amides is 2. The van der Waals surface area contributed by atoms with Gasteiger partial charge in [0.2, 0.25) is 11.8 Å². The minimum atomic E-state index is -0.140. The van der Waals surface area contributed by atoms with Gasteiger partial charge in [-0.05, 0) is 24.0 Å². The number of benzene rings is 1. The molecule has 22 heavy (non-hydrogen) atoms. The first kappa shape index (κ1) is 16.8. The number of hydrogen-bond donors (Lipinski definition) is 2. The van der Waals surface area contributed by atoms with Gasteiger partial charge in [-0.15, -0.1) is 12.4 Å². The van der Waals surface area contributed by atoms with Gasteiger partial charge in [-0.25, -0.2) is 0 Å². The Morgan fingerprint density at radius 3 is 2.82 bits per heavy atom. The number of carbonyl (C=O) groups excluding carboxylic acids is 2. The molecule has 0 aromatic heterocycles. The maximum Gasteiger partial charge on any atom is 0.222 e. The van der Waals surface area contributed by atoms with E-state index in [-0.39, 0.29) is 36.3 Å². The molecule has 0 spiro atoms. The highest BCUT2D eigenvalue weighted by atomic mass is 35.5. The van der Waals surface area contributed by atoms with Crippen molar-refractivity contribution >= 4 is 24.2 Å². The minimum absolute atomic E-state index is 0. The van der Waals surface area contributed by atoms with Crippen LogP contribution in [0.15, 0.2) is 24.3 Å². The zero-order valence-electron chi connectivity index (χ0n) is 12.5. The molecule has 1 heterocycles. The Balaban J connectivity index is 0.00000176. The van der Waals surface area contributed by atoms with Crippen molar-refractivity contribution in [2.75, 3.05) is 13.1 Å². The van der Waals surface area contributed by atoms with E-state index in [0.717, 1.165) is 24.9 Å². The standard InChI is InChI=1S/C16H21N3O2.ClH/c17-16-12-5-2-1-4-11(12)10-13(16)18-14(20)7-9-19-8-3-6-15(19)21;/h1-2,4-5,13,16H,3,6-10,17H2,(H,18,20);1H/t13-,16-;/m0./s1. The first-order valence-corrected chi connectivity index (χ1v) is 7.55. The lowest BCUT2D eigenvalue weighted by molar-refractivity contribution is -0.128. The average molecular weight is 324 g/mol. The first-order chi connectivity index (χ1) is 10.1. The molecule has 2 aliphatic rings. The van der Waals surface area contributed by atoms with E-state index in [9.17, 15) is 9.59 Å². The summed E-state index contributed by atoms with van der Waals surface area (Å²) in [6.07, 6.45) is 2.66. The molecule has 1 aliphatic heterocycles. The summed E-state index contributed by atoms with van der Waals surface area (Å²) >= 11 is 0. The van der Waals surface area contributed by atoms with Crippen LogP contribution in [0.2, 0.25) is 0 Å². The van der Waals surface area contributed by atoms with Crippen molar-refractivity contribution in [3.05, 3.63) is 35.4 Å². The second-order valence-electron chi connectivity index (χ2n) is 5.84. The highest BCUT2D eigenvalue weighted by Crippen LogP contribution is 2.29. The van der Waals surface area contributed by atoms with E-state index in [4.69, 9.17) is 5.73 Å². The monoisotopic (exact) mass is 323 g/mol. The van der Waals surface area contributed by atoms with Gasteiger partial charge in [-0.3, -0.25) is 9.59 Å². The lowest BCUT2D eigenvalue weighted by Gasteiger charge is -2.19. The molecule has 1 aromatic carbocycles. The number of hydrogen-bond acceptors (Lipinski definition) is 3. The fourth-order valence-electron chi connectivity index (χ4n) is 3.22. The highest BCUT2D eigenvalue weighted by molar-refractivity contribution is 5.85. The Morgan fingerprint density at radius 1 is 1.36 bits per heavy atom. The van der Waals surface area contributed by atoms with Crippen molar-refractivity contribution in [2.45, 2.75) is 37.8 Å². The van der Waals surface area contributed by atoms with Gasteiger partial charge in [0, 0.05) is 25.9 Å². The normalized spacial score (nSPS) is 23.1. The van der Waals surface area contributed by atoms with Crippen molar-refractivity contribution in [1.29, 1.82) is 0 Å². The van der Waals surface area contributed by atoms with Crippen LogP contribution >= 0.6 is 12.4 Å². The quantitative estimate of drug-likeness (QED) is 0.873. The summed E-state index contributed by atoms with van der Waals surface area (Å²) < 4.78 is 0. The van der Waals surface area contributed by atoms with E-state index in [1.165, 1.54) is 5.56 Å². The molecule has 5 nitrogen and oxygen atoms in total. The number of nitrogens with zero attached hydrogens (tertiary/aromatic N) is 1. The molecule has 1 aromatic rings. The van der Waals surface area contributed by atoms with Crippen LogP contribution in [0.1, 0.15) is 36.4 Å². The summed E-state index contributed by atoms with van der Waals surface area (Å²) in [6.45, 7) is 1.29. The number of rotatable bonds is 4. The van der Waals surface area contributed by atoms with Gasteiger partial charge in [-0.1, -0.05) is 24.3 Å². The fraction of sp³-hybridized carbons (Fsp3) is 0.500. The Labute approximate surface area is 136 Å². The van der Waals surface area contributed by atoms with Gasteiger partial charge >= 0.3 is 0 Å². The molecule has 1 aliphatic carbocycles. The van der Waals surface area contributed by atoms with E-state index in [0.29, 0.717) is 19.4 Å². The van der Waals surface area contributed by atoms with E-state index >= 15 is 0 Å². The Kier molecular flexibility index (Phi) is 5.42. The molecule has 3 N–H and O–H groups in total. The van der Waals surface area contributed by atoms with Gasteiger partial charge in [0.05, 0.1) is 12.1 Å². The van der Waals surface area contributed by atoms with Crippen LogP contribution < -0.4 is 11.1 Å². The molecule has 1 saturated heterocycles. The molecular formula is C16H22ClN3O2. The van der Waals surface area contributed by atoms with E-state index in [2.05, 4.69) is 11.4 Å². The first-order valence-electron chi connectivity index (χ1n) is 7.55. The molecular weight excluding hydrogens is 302 g/mol. The van der Waals surface area contributed by atoms with Gasteiger partial charge in [0.15, 0.2) is 0 Å². The molecule has 2 atom stereocenters. The summed E-state index contributed by atoms with van der Waals surface area (Å²) in [7, 11) is 0. The maximum atomic E-state index is 12.1. The van der Waals surface area contributed by atoms with E-state index in [1.807, 2.05) is 18.2 Å². The third-order valence-corrected chi connectivity index (χ3v) is 4.41. The summed E-state index contributed by atoms with van der Waals surface area (Å²) in [5.74, 6) is 0.135. The van der Waals surface area contributed by atoms with Crippen LogP contribution in [-0.4, -0.2) is 35.8 Å². The number of halogens is 1. The molecule has 120 valence electrons. The molecule has 1 fully saturated rings. The van der Waals surface area contributed by atoms with Crippen molar-refractivity contribution < 1.29 is 9.59 Å². The summed E-state index contributed by atoms with van der Waals surface area (Å²) in [4.78, 5) is 25.3. The molecule has 2 amide bonds. The Hall–Kier alpha value is -1.59. The van der Waals surface area contributed by atoms with Gasteiger partial charge in [0.1, 0.15) is 0 Å². The number of likely N-dealkylation sites (tertiary alicyclic amines) is 1. The molecule has 3 rings (SSSR count). The van der Waals surface area contributed by atoms with Crippen LogP contribution in [-0.2, 0) is 16.0 Å². The summed E-state index contributed by atoms with van der Waals surface area (Å²) in [6, 6.07) is 7.87. The largest absolute Gasteiger partial charge is 0.351 e. The van der Waals surface area contributed by atoms with E-state index in [1.54, 1.807) is 4.90 Å². The maximum absolute atomic E-state index is 12.1. The summed E-state index contributed by atoms with van der Waals surface area (Å²) in [5, 5.41) is 3.01. The second kappa shape index (κ2) is 7.11. The average Bonchev–Trinajstić information content (AvgIpc) is 3.02. The van der Waals surface area contributed by atoms with Crippen molar-refractivity contribution in [1.82, 2.24) is 10.2 Å². The lowest BCUT2D eigenvalue weighted by Crippen LogP contribution is -2.42. The molecule has 6 heteroatoms. The number of fused-ring (bicyclic) bond motifs is 1. The minimum Gasteiger partial charge on any atom is -0.351 e. The highest BCUT2D eigenvalue weighted by Gasteiger charge is 2.30. The molecule has 0 bridgehead atoms. The van der Waals surface area contributed by atoms with Crippen LogP contribution in [0.3, 0.4) is 0 Å². The van der Waals surface area contributed by atoms with Crippen LogP contribution in [0.5, 0.6) is 0 Å². The predicted octanol–water partition coefficient (Wildman–Crippen LogP) is 1.16. The van der Waals surface area contributed by atoms with Crippen LogP contribution in [0.25, 0.3) is 0 Å². The molecule has 0 unspecified atom stereocenters. The SMILES string of the molecule is Cl.N[C@H]1c2ccccc2C[C@@H]1NC(=O)CCN1CCCC1=O. The van der Waals surface area contributed by atoms with Crippen molar-refractivity contribution in [3.63, 3.8) is 0 Å². The zero-order chi connectivity index (χ0) is 14.8. The Bertz CT molecular complexity index is 564. The zero-order valence-corrected chi connectivity index (χ0v) is 13.3. The number of nitrogens with one attached hydrogen (secondary N) is 1. The van der Waals surface area contributed by atoms with Crippen molar-refractivity contribution in [3.8, 4) is 0 Å². The van der Waals surface area contributed by atoms with Gasteiger partial charge in [-0.2, -0.15) is 0 Å². The predicted molar refractivity (Wildman–Crippen MR) is 86.7 cm³/mol. The van der Waals surface area contributed by atoms with Crippen LogP contribution in [0, 0.1) is 0 Å². The topological polar surface area (TPSA) is 75.4 Å². The lowest BCUT2D eigenvalue weighted by atomic mass is 10.1. The fourth-order valence-corrected chi connectivity index (χ4v) is 3.22. The van der Waals surface area contributed by atoms with Gasteiger partial charge in [0.25, 0.3) is 0 Å². The van der Waals surface area contributed by atoms with Crippen molar-refractivity contribution in [2.24, 2.45) is 5.73 Å². The Morgan fingerprint density at radius 2 is 2.14 bits per heavy atom. The summed E-state index contributed by atoms with van der Waals surface area (Å²) in [5.41, 5.74) is 8.54. The smallest absolute Gasteiger partial charge is 0.222 e. The third kappa shape index (κ3) is 3.42. The van der Waals surface area contributed by atoms with Gasteiger partial charge < -0.3 is 16.0 Å². The van der Waals surface area contributed by atoms with E-state index < -0.39 is 0 Å². The second-order valence-corrected chi connectivity index (χ2v) is 5.84. The molecule has 0 radical (unpaired) electrons. The third-order valence-electron chi connectivity index (χ3n) is 4.41. The van der Waals surface area contributed by atoms with Crippen LogP contribution in [0.4, 0.5) is 0 Å².